The van der Waals surface area contributed by atoms with Crippen molar-refractivity contribution in [3.8, 4) is 11.5 Å². The Kier molecular flexibility index (Phi) is 5.76. The van der Waals surface area contributed by atoms with E-state index >= 15 is 0 Å². The number of rotatable bonds is 7. The third-order valence-corrected chi connectivity index (χ3v) is 4.84. The smallest absolute Gasteiger partial charge is 0.243 e. The summed E-state index contributed by atoms with van der Waals surface area (Å²) in [6.45, 7) is -0.313. The van der Waals surface area contributed by atoms with Gasteiger partial charge in [0, 0.05) is 6.54 Å². The highest BCUT2D eigenvalue weighted by molar-refractivity contribution is 7.89. The Labute approximate surface area is 139 Å². The van der Waals surface area contributed by atoms with Crippen molar-refractivity contribution in [2.24, 2.45) is 0 Å². The molecule has 0 aliphatic carbocycles. The molecule has 0 aliphatic rings. The lowest BCUT2D eigenvalue weighted by atomic mass is 10.1. The molecule has 0 radical (unpaired) electrons. The minimum Gasteiger partial charge on any atom is -0.493 e. The van der Waals surface area contributed by atoms with Crippen LogP contribution in [0, 0.1) is 5.82 Å². The maximum Gasteiger partial charge on any atom is 0.243 e. The summed E-state index contributed by atoms with van der Waals surface area (Å²) in [5.41, 5.74) is 0.434. The maximum atomic E-state index is 13.6. The molecule has 0 spiro atoms. The molecule has 2 aromatic rings. The summed E-state index contributed by atoms with van der Waals surface area (Å²) in [7, 11) is -1.13. The Morgan fingerprint density at radius 1 is 1.12 bits per heavy atom. The van der Waals surface area contributed by atoms with E-state index < -0.39 is 26.8 Å². The van der Waals surface area contributed by atoms with Gasteiger partial charge in [-0.25, -0.2) is 17.5 Å². The van der Waals surface area contributed by atoms with Crippen molar-refractivity contribution in [3.63, 3.8) is 0 Å². The fourth-order valence-electron chi connectivity index (χ4n) is 2.11. The second-order valence-corrected chi connectivity index (χ2v) is 6.65. The minimum atomic E-state index is -4.06. The Bertz CT molecular complexity index is 810. The number of methoxy groups -OCH3 is 2. The van der Waals surface area contributed by atoms with Crippen molar-refractivity contribution < 1.29 is 27.4 Å². The number of benzene rings is 2. The van der Waals surface area contributed by atoms with Gasteiger partial charge in [-0.1, -0.05) is 18.2 Å². The van der Waals surface area contributed by atoms with Gasteiger partial charge in [0.15, 0.2) is 11.5 Å². The summed E-state index contributed by atoms with van der Waals surface area (Å²) in [5.74, 6) is 0.0389. The number of ether oxygens (including phenoxy) is 2. The molecule has 8 heteroatoms. The Morgan fingerprint density at radius 2 is 1.79 bits per heavy atom. The molecular weight excluding hydrogens is 337 g/mol. The van der Waals surface area contributed by atoms with Gasteiger partial charge in [0.25, 0.3) is 0 Å². The van der Waals surface area contributed by atoms with E-state index in [1.54, 1.807) is 18.2 Å². The number of aliphatic hydroxyl groups is 1. The molecule has 1 atom stereocenters. The van der Waals surface area contributed by atoms with Crippen LogP contribution in [0.15, 0.2) is 47.4 Å². The van der Waals surface area contributed by atoms with Crippen LogP contribution in [0.3, 0.4) is 0 Å². The van der Waals surface area contributed by atoms with Gasteiger partial charge >= 0.3 is 0 Å². The third kappa shape index (κ3) is 4.02. The van der Waals surface area contributed by atoms with Crippen LogP contribution in [0.2, 0.25) is 0 Å². The van der Waals surface area contributed by atoms with E-state index in [2.05, 4.69) is 4.72 Å². The molecule has 0 fully saturated rings. The molecule has 2 N–H and O–H groups in total. The van der Waals surface area contributed by atoms with Crippen molar-refractivity contribution in [1.82, 2.24) is 4.72 Å². The summed E-state index contributed by atoms with van der Waals surface area (Å²) in [6.07, 6.45) is -1.13. The zero-order valence-electron chi connectivity index (χ0n) is 13.2. The Morgan fingerprint density at radius 3 is 2.42 bits per heavy atom. The second-order valence-electron chi connectivity index (χ2n) is 4.91. The van der Waals surface area contributed by atoms with Crippen LogP contribution in [0.1, 0.15) is 11.7 Å². The molecule has 130 valence electrons. The normalized spacial score (nSPS) is 12.7. The first-order chi connectivity index (χ1) is 11.4. The Hall–Kier alpha value is -2.16. The van der Waals surface area contributed by atoms with Gasteiger partial charge in [-0.2, -0.15) is 0 Å². The van der Waals surface area contributed by atoms with Crippen LogP contribution in [0.4, 0.5) is 4.39 Å². The monoisotopic (exact) mass is 355 g/mol. The summed E-state index contributed by atoms with van der Waals surface area (Å²) < 4.78 is 50.2. The van der Waals surface area contributed by atoms with Gasteiger partial charge in [-0.15, -0.1) is 0 Å². The van der Waals surface area contributed by atoms with Gasteiger partial charge in [-0.3, -0.25) is 0 Å². The molecule has 24 heavy (non-hydrogen) atoms. The fourth-order valence-corrected chi connectivity index (χ4v) is 3.22. The standard InChI is InChI=1S/C16H18FNO5S/c1-22-14-8-7-11(9-15(14)23-2)13(19)10-18-24(20,21)16-6-4-3-5-12(16)17/h3-9,13,18-19H,10H2,1-2H3. The van der Waals surface area contributed by atoms with Gasteiger partial charge < -0.3 is 14.6 Å². The molecule has 0 saturated carbocycles. The number of hydrogen-bond donors (Lipinski definition) is 2. The average Bonchev–Trinajstić information content (AvgIpc) is 2.59. The van der Waals surface area contributed by atoms with Gasteiger partial charge in [0.05, 0.1) is 20.3 Å². The second kappa shape index (κ2) is 7.61. The third-order valence-electron chi connectivity index (χ3n) is 3.39. The van der Waals surface area contributed by atoms with Crippen LogP contribution < -0.4 is 14.2 Å². The van der Waals surface area contributed by atoms with Crippen LogP contribution in [0.25, 0.3) is 0 Å². The van der Waals surface area contributed by atoms with E-state index in [0.29, 0.717) is 17.1 Å². The average molecular weight is 355 g/mol. The zero-order chi connectivity index (χ0) is 17.7. The lowest BCUT2D eigenvalue weighted by molar-refractivity contribution is 0.181. The van der Waals surface area contributed by atoms with E-state index in [4.69, 9.17) is 9.47 Å². The molecule has 2 aromatic carbocycles. The molecule has 0 saturated heterocycles. The van der Waals surface area contributed by atoms with Crippen molar-refractivity contribution in [1.29, 1.82) is 0 Å². The van der Waals surface area contributed by atoms with E-state index in [-0.39, 0.29) is 6.54 Å². The summed E-state index contributed by atoms with van der Waals surface area (Å²) in [6, 6.07) is 9.75. The number of sulfonamides is 1. The van der Waals surface area contributed by atoms with Gasteiger partial charge in [0.1, 0.15) is 10.7 Å². The number of aliphatic hydroxyl groups excluding tert-OH is 1. The summed E-state index contributed by atoms with van der Waals surface area (Å²) >= 11 is 0. The van der Waals surface area contributed by atoms with Gasteiger partial charge in [0.2, 0.25) is 10.0 Å². The molecule has 2 rings (SSSR count). The predicted molar refractivity (Wildman–Crippen MR) is 86.1 cm³/mol. The molecular formula is C16H18FNO5S. The highest BCUT2D eigenvalue weighted by Crippen LogP contribution is 2.29. The lowest BCUT2D eigenvalue weighted by Gasteiger charge is -2.15. The first kappa shape index (κ1) is 18.2. The lowest BCUT2D eigenvalue weighted by Crippen LogP contribution is -2.29. The minimum absolute atomic E-state index is 0.313. The Balaban J connectivity index is 2.13. The number of hydrogen-bond acceptors (Lipinski definition) is 5. The van der Waals surface area contributed by atoms with Crippen molar-refractivity contribution >= 4 is 10.0 Å². The molecule has 0 heterocycles. The number of halogens is 1. The zero-order valence-corrected chi connectivity index (χ0v) is 14.0. The molecule has 1 unspecified atom stereocenters. The van der Waals surface area contributed by atoms with E-state index in [1.165, 1.54) is 26.4 Å². The first-order valence-corrected chi connectivity index (χ1v) is 8.51. The van der Waals surface area contributed by atoms with E-state index in [0.717, 1.165) is 12.1 Å². The first-order valence-electron chi connectivity index (χ1n) is 7.03. The van der Waals surface area contributed by atoms with Crippen molar-refractivity contribution in [2.45, 2.75) is 11.0 Å². The predicted octanol–water partition coefficient (Wildman–Crippen LogP) is 1.85. The van der Waals surface area contributed by atoms with Crippen LogP contribution in [0.5, 0.6) is 11.5 Å². The summed E-state index contributed by atoms with van der Waals surface area (Å²) in [4.78, 5) is -0.468. The highest BCUT2D eigenvalue weighted by atomic mass is 32.2. The van der Waals surface area contributed by atoms with Crippen LogP contribution >= 0.6 is 0 Å². The molecule has 0 bridgehead atoms. The van der Waals surface area contributed by atoms with Gasteiger partial charge in [-0.05, 0) is 29.8 Å². The summed E-state index contributed by atoms with van der Waals surface area (Å²) in [5, 5.41) is 10.2. The van der Waals surface area contributed by atoms with Crippen LogP contribution in [-0.2, 0) is 10.0 Å². The fraction of sp³-hybridized carbons (Fsp3) is 0.250. The molecule has 0 amide bonds. The maximum absolute atomic E-state index is 13.6. The van der Waals surface area contributed by atoms with Crippen molar-refractivity contribution in [2.75, 3.05) is 20.8 Å². The topological polar surface area (TPSA) is 84.9 Å². The van der Waals surface area contributed by atoms with Crippen LogP contribution in [-0.4, -0.2) is 34.3 Å². The quantitative estimate of drug-likeness (QED) is 0.792. The molecule has 0 aliphatic heterocycles. The largest absolute Gasteiger partial charge is 0.493 e. The highest BCUT2D eigenvalue weighted by Gasteiger charge is 2.20. The van der Waals surface area contributed by atoms with E-state index in [1.807, 2.05) is 0 Å². The van der Waals surface area contributed by atoms with E-state index in [9.17, 15) is 17.9 Å². The number of nitrogens with one attached hydrogen (secondary N) is 1. The molecule has 0 aromatic heterocycles. The molecule has 6 nitrogen and oxygen atoms in total. The SMILES string of the molecule is COc1ccc(C(O)CNS(=O)(=O)c2ccccc2F)cc1OC. The van der Waals surface area contributed by atoms with Crippen molar-refractivity contribution in [3.05, 3.63) is 53.8 Å².